The van der Waals surface area contributed by atoms with Crippen LogP contribution in [-0.4, -0.2) is 63.8 Å². The van der Waals surface area contributed by atoms with Gasteiger partial charge in [-0.2, -0.15) is 4.31 Å². The molecule has 1 fully saturated rings. The normalized spacial score (nSPS) is 14.8. The number of thioether (sulfide) groups is 1. The minimum Gasteiger partial charge on any atom is -0.492 e. The maximum Gasteiger partial charge on any atom is 0.243 e. The number of carbonyl (C=O) groups is 1. The summed E-state index contributed by atoms with van der Waals surface area (Å²) < 4.78 is 51.1. The molecule has 1 aliphatic heterocycles. The molecular formula is C21H24ClFN2O5S2. The fourth-order valence-corrected chi connectivity index (χ4v) is 5.36. The van der Waals surface area contributed by atoms with Crippen LogP contribution in [-0.2, 0) is 25.3 Å². The molecule has 1 aliphatic rings. The van der Waals surface area contributed by atoms with Crippen molar-refractivity contribution >= 4 is 39.3 Å². The van der Waals surface area contributed by atoms with Gasteiger partial charge >= 0.3 is 0 Å². The molecule has 0 atom stereocenters. The number of carbonyl (C=O) groups excluding carboxylic acids is 1. The lowest BCUT2D eigenvalue weighted by atomic mass is 10.2. The second-order valence-corrected chi connectivity index (χ2v) is 10.3. The van der Waals surface area contributed by atoms with Crippen molar-refractivity contribution in [3.8, 4) is 5.75 Å². The molecule has 2 aromatic carbocycles. The number of nitrogens with one attached hydrogen (secondary N) is 1. The molecule has 32 heavy (non-hydrogen) atoms. The maximum absolute atomic E-state index is 13.7. The van der Waals surface area contributed by atoms with Gasteiger partial charge in [0.1, 0.15) is 18.2 Å². The van der Waals surface area contributed by atoms with Crippen LogP contribution in [0.15, 0.2) is 47.4 Å². The smallest absolute Gasteiger partial charge is 0.243 e. The highest BCUT2D eigenvalue weighted by Crippen LogP contribution is 2.21. The summed E-state index contributed by atoms with van der Waals surface area (Å²) in [5.74, 6) is 0.498. The number of ether oxygens (including phenoxy) is 2. The Morgan fingerprint density at radius 2 is 1.91 bits per heavy atom. The highest BCUT2D eigenvalue weighted by Gasteiger charge is 2.26. The molecule has 3 rings (SSSR count). The van der Waals surface area contributed by atoms with Gasteiger partial charge in [0.05, 0.1) is 30.4 Å². The van der Waals surface area contributed by atoms with E-state index in [0.29, 0.717) is 54.9 Å². The Balaban J connectivity index is 1.35. The van der Waals surface area contributed by atoms with Crippen LogP contribution in [0.2, 0.25) is 5.02 Å². The highest BCUT2D eigenvalue weighted by molar-refractivity contribution is 7.99. The molecule has 1 saturated heterocycles. The van der Waals surface area contributed by atoms with Gasteiger partial charge in [-0.1, -0.05) is 17.7 Å². The average Bonchev–Trinajstić information content (AvgIpc) is 2.79. The van der Waals surface area contributed by atoms with Gasteiger partial charge in [0.25, 0.3) is 0 Å². The van der Waals surface area contributed by atoms with Crippen molar-refractivity contribution in [1.82, 2.24) is 9.62 Å². The van der Waals surface area contributed by atoms with Crippen LogP contribution < -0.4 is 10.1 Å². The van der Waals surface area contributed by atoms with Crippen LogP contribution in [0.25, 0.3) is 0 Å². The zero-order valence-electron chi connectivity index (χ0n) is 17.3. The number of hydrogen-bond acceptors (Lipinski definition) is 6. The van der Waals surface area contributed by atoms with Crippen LogP contribution in [0.3, 0.4) is 0 Å². The lowest BCUT2D eigenvalue weighted by Crippen LogP contribution is -2.40. The number of sulfonamides is 1. The summed E-state index contributed by atoms with van der Waals surface area (Å²) in [6.45, 7) is 1.99. The molecule has 0 aromatic heterocycles. The molecule has 11 heteroatoms. The Morgan fingerprint density at radius 3 is 2.59 bits per heavy atom. The lowest BCUT2D eigenvalue weighted by molar-refractivity contribution is -0.118. The van der Waals surface area contributed by atoms with Crippen LogP contribution in [0.5, 0.6) is 5.75 Å². The number of hydrogen-bond donors (Lipinski definition) is 1. The third-order valence-corrected chi connectivity index (χ3v) is 7.76. The monoisotopic (exact) mass is 502 g/mol. The van der Waals surface area contributed by atoms with Crippen molar-refractivity contribution in [2.24, 2.45) is 0 Å². The molecule has 0 radical (unpaired) electrons. The van der Waals surface area contributed by atoms with Crippen molar-refractivity contribution in [1.29, 1.82) is 0 Å². The summed E-state index contributed by atoms with van der Waals surface area (Å²) in [5.41, 5.74) is 0.495. The summed E-state index contributed by atoms with van der Waals surface area (Å²) >= 11 is 7.02. The van der Waals surface area contributed by atoms with E-state index in [2.05, 4.69) is 5.32 Å². The van der Waals surface area contributed by atoms with E-state index < -0.39 is 10.0 Å². The predicted molar refractivity (Wildman–Crippen MR) is 122 cm³/mol. The van der Waals surface area contributed by atoms with Crippen LogP contribution in [0.4, 0.5) is 4.39 Å². The SMILES string of the molecule is O=C(CSCc1ccc(Cl)cc1F)NCCOc1ccc(S(=O)(=O)N2CCOCC2)cc1. The number of amides is 1. The molecule has 1 N–H and O–H groups in total. The summed E-state index contributed by atoms with van der Waals surface area (Å²) in [4.78, 5) is 12.1. The summed E-state index contributed by atoms with van der Waals surface area (Å²) in [7, 11) is -3.54. The standard InChI is InChI=1S/C21H24ClFN2O5S2/c22-17-2-1-16(20(23)13-17)14-31-15-21(26)24-7-10-30-18-3-5-19(6-4-18)32(27,28)25-8-11-29-12-9-25/h1-6,13H,7-12,14-15H2,(H,24,26). The Bertz CT molecular complexity index is 1020. The Labute approximate surface area is 196 Å². The highest BCUT2D eigenvalue weighted by atomic mass is 35.5. The van der Waals surface area contributed by atoms with E-state index in [1.807, 2.05) is 0 Å². The van der Waals surface area contributed by atoms with Gasteiger partial charge in [-0.05, 0) is 42.0 Å². The topological polar surface area (TPSA) is 84.9 Å². The molecule has 0 aliphatic carbocycles. The van der Waals surface area contributed by atoms with E-state index in [1.54, 1.807) is 24.3 Å². The maximum atomic E-state index is 13.7. The van der Waals surface area contributed by atoms with E-state index in [0.717, 1.165) is 0 Å². The van der Waals surface area contributed by atoms with E-state index in [4.69, 9.17) is 21.1 Å². The molecule has 0 spiro atoms. The Kier molecular flexibility index (Phi) is 9.18. The van der Waals surface area contributed by atoms with E-state index in [1.165, 1.54) is 34.3 Å². The minimum absolute atomic E-state index is 0.181. The molecule has 0 saturated carbocycles. The molecule has 1 amide bonds. The number of nitrogens with zero attached hydrogens (tertiary/aromatic N) is 1. The van der Waals surface area contributed by atoms with Gasteiger partial charge in [0.15, 0.2) is 0 Å². The van der Waals surface area contributed by atoms with E-state index in [-0.39, 0.29) is 29.0 Å². The summed E-state index contributed by atoms with van der Waals surface area (Å²) in [6, 6.07) is 10.7. The fourth-order valence-electron chi connectivity index (χ4n) is 2.95. The zero-order valence-corrected chi connectivity index (χ0v) is 19.6. The molecular weight excluding hydrogens is 479 g/mol. The van der Waals surface area contributed by atoms with Crippen LogP contribution in [0.1, 0.15) is 5.56 Å². The zero-order chi connectivity index (χ0) is 23.0. The summed E-state index contributed by atoms with van der Waals surface area (Å²) in [5, 5.41) is 3.06. The van der Waals surface area contributed by atoms with Crippen molar-refractivity contribution in [2.75, 3.05) is 45.2 Å². The molecule has 0 bridgehead atoms. The quantitative estimate of drug-likeness (QED) is 0.503. The van der Waals surface area contributed by atoms with Gasteiger partial charge in [-0.15, -0.1) is 11.8 Å². The number of rotatable bonds is 10. The third kappa shape index (κ3) is 7.08. The largest absolute Gasteiger partial charge is 0.492 e. The lowest BCUT2D eigenvalue weighted by Gasteiger charge is -2.26. The molecule has 1 heterocycles. The van der Waals surface area contributed by atoms with Crippen molar-refractivity contribution < 1.29 is 27.1 Å². The van der Waals surface area contributed by atoms with Gasteiger partial charge < -0.3 is 14.8 Å². The van der Waals surface area contributed by atoms with Gasteiger partial charge in [-0.25, -0.2) is 12.8 Å². The Hall–Kier alpha value is -1.85. The average molecular weight is 503 g/mol. The second kappa shape index (κ2) is 11.9. The molecule has 174 valence electrons. The first kappa shape index (κ1) is 24.8. The first-order valence-corrected chi connectivity index (χ1v) is 12.9. The first-order valence-electron chi connectivity index (χ1n) is 9.95. The van der Waals surface area contributed by atoms with Gasteiger partial charge in [0, 0.05) is 23.9 Å². The summed E-state index contributed by atoms with van der Waals surface area (Å²) in [6.07, 6.45) is 0. The van der Waals surface area contributed by atoms with Gasteiger partial charge in [0.2, 0.25) is 15.9 Å². The fraction of sp³-hybridized carbons (Fsp3) is 0.381. The van der Waals surface area contributed by atoms with Crippen molar-refractivity contribution in [2.45, 2.75) is 10.6 Å². The van der Waals surface area contributed by atoms with Crippen molar-refractivity contribution in [3.05, 3.63) is 58.9 Å². The van der Waals surface area contributed by atoms with Crippen molar-refractivity contribution in [3.63, 3.8) is 0 Å². The first-order chi connectivity index (χ1) is 15.4. The van der Waals surface area contributed by atoms with E-state index in [9.17, 15) is 17.6 Å². The number of morpholine rings is 1. The molecule has 0 unspecified atom stereocenters. The predicted octanol–water partition coefficient (Wildman–Crippen LogP) is 2.93. The second-order valence-electron chi connectivity index (χ2n) is 6.91. The van der Waals surface area contributed by atoms with Crippen LogP contribution >= 0.6 is 23.4 Å². The number of halogens is 2. The van der Waals surface area contributed by atoms with Crippen LogP contribution in [0, 0.1) is 5.82 Å². The Morgan fingerprint density at radius 1 is 1.19 bits per heavy atom. The third-order valence-electron chi connectivity index (χ3n) is 4.63. The molecule has 2 aromatic rings. The van der Waals surface area contributed by atoms with E-state index >= 15 is 0 Å². The molecule has 7 nitrogen and oxygen atoms in total. The van der Waals surface area contributed by atoms with Gasteiger partial charge in [-0.3, -0.25) is 4.79 Å². The minimum atomic E-state index is -3.54. The number of benzene rings is 2.